The molecule has 0 atom stereocenters. The van der Waals surface area contributed by atoms with Crippen LogP contribution in [0.15, 0.2) is 0 Å². The Bertz CT molecular complexity index is 336. The van der Waals surface area contributed by atoms with E-state index in [1.54, 1.807) is 0 Å². The maximum absolute atomic E-state index is 11.7. The zero-order valence-electron chi connectivity index (χ0n) is 12.5. The van der Waals surface area contributed by atoms with Crippen molar-refractivity contribution in [3.8, 4) is 0 Å². The van der Waals surface area contributed by atoms with Crippen molar-refractivity contribution >= 4 is 11.9 Å². The lowest BCUT2D eigenvalue weighted by molar-refractivity contribution is -0.120. The van der Waals surface area contributed by atoms with Crippen LogP contribution >= 0.6 is 0 Å². The number of urea groups is 1. The Labute approximate surface area is 121 Å². The number of carbonyl (C=O) groups excluding carboxylic acids is 2. The maximum Gasteiger partial charge on any atom is 0.321 e. The van der Waals surface area contributed by atoms with Gasteiger partial charge in [0.15, 0.2) is 0 Å². The second kappa shape index (κ2) is 7.62. The van der Waals surface area contributed by atoms with Crippen LogP contribution in [0.3, 0.4) is 0 Å². The number of hydrogen-bond acceptors (Lipinski definition) is 3. The minimum atomic E-state index is -0.416. The van der Waals surface area contributed by atoms with E-state index in [-0.39, 0.29) is 5.91 Å². The topological polar surface area (TPSA) is 61.4 Å². The summed E-state index contributed by atoms with van der Waals surface area (Å²) in [6.45, 7) is 1.92. The van der Waals surface area contributed by atoms with Crippen molar-refractivity contribution in [3.05, 3.63) is 0 Å². The summed E-state index contributed by atoms with van der Waals surface area (Å²) in [6, 6.07) is 0.269. The van der Waals surface area contributed by atoms with Crippen molar-refractivity contribution in [2.24, 2.45) is 5.92 Å². The van der Waals surface area contributed by atoms with Crippen LogP contribution in [0.2, 0.25) is 0 Å². The molecule has 0 radical (unpaired) electrons. The molecule has 0 aromatic heterocycles. The van der Waals surface area contributed by atoms with Gasteiger partial charge in [-0.15, -0.1) is 0 Å². The van der Waals surface area contributed by atoms with Crippen molar-refractivity contribution in [3.63, 3.8) is 0 Å². The Balaban J connectivity index is 1.71. The molecule has 2 fully saturated rings. The highest BCUT2D eigenvalue weighted by Crippen LogP contribution is 2.31. The van der Waals surface area contributed by atoms with Gasteiger partial charge in [-0.25, -0.2) is 4.79 Å². The van der Waals surface area contributed by atoms with Crippen molar-refractivity contribution in [1.29, 1.82) is 0 Å². The monoisotopic (exact) mass is 281 g/mol. The van der Waals surface area contributed by atoms with Gasteiger partial charge >= 0.3 is 6.03 Å². The van der Waals surface area contributed by atoms with E-state index in [9.17, 15) is 9.59 Å². The molecule has 0 aliphatic heterocycles. The van der Waals surface area contributed by atoms with Crippen LogP contribution in [0.4, 0.5) is 4.79 Å². The van der Waals surface area contributed by atoms with E-state index in [4.69, 9.17) is 0 Å². The third kappa shape index (κ3) is 5.12. The van der Waals surface area contributed by atoms with Gasteiger partial charge in [0, 0.05) is 32.6 Å². The first-order valence-corrected chi connectivity index (χ1v) is 7.94. The van der Waals surface area contributed by atoms with E-state index in [1.807, 2.05) is 0 Å². The molecule has 2 aliphatic rings. The van der Waals surface area contributed by atoms with E-state index >= 15 is 0 Å². The number of imide groups is 1. The molecule has 0 unspecified atom stereocenters. The third-order valence-corrected chi connectivity index (χ3v) is 4.39. The molecule has 5 heteroatoms. The molecule has 2 N–H and O–H groups in total. The second-order valence-electron chi connectivity index (χ2n) is 6.11. The molecule has 0 heterocycles. The summed E-state index contributed by atoms with van der Waals surface area (Å²) in [5, 5.41) is 4.73. The first kappa shape index (κ1) is 15.3. The highest BCUT2D eigenvalue weighted by molar-refractivity contribution is 5.94. The highest BCUT2D eigenvalue weighted by Gasteiger charge is 2.31. The lowest BCUT2D eigenvalue weighted by Gasteiger charge is -2.29. The van der Waals surface area contributed by atoms with E-state index in [2.05, 4.69) is 15.5 Å². The lowest BCUT2D eigenvalue weighted by atomic mass is 9.89. The van der Waals surface area contributed by atoms with Gasteiger partial charge in [0.2, 0.25) is 5.91 Å². The van der Waals surface area contributed by atoms with Gasteiger partial charge < -0.3 is 5.32 Å². The van der Waals surface area contributed by atoms with Crippen LogP contribution in [-0.4, -0.2) is 43.0 Å². The summed E-state index contributed by atoms with van der Waals surface area (Å²) in [7, 11) is 1.52. The summed E-state index contributed by atoms with van der Waals surface area (Å²) < 4.78 is 0. The normalized spacial score (nSPS) is 19.9. The van der Waals surface area contributed by atoms with Gasteiger partial charge in [0.05, 0.1) is 0 Å². The smallest absolute Gasteiger partial charge is 0.321 e. The first-order chi connectivity index (χ1) is 9.69. The molecule has 5 nitrogen and oxygen atoms in total. The van der Waals surface area contributed by atoms with Gasteiger partial charge in [0.25, 0.3) is 0 Å². The fourth-order valence-corrected chi connectivity index (χ4v) is 3.06. The van der Waals surface area contributed by atoms with Crippen LogP contribution in [0, 0.1) is 5.92 Å². The molecule has 0 aromatic rings. The Hall–Kier alpha value is -1.10. The molecular weight excluding hydrogens is 254 g/mol. The number of carbonyl (C=O) groups is 2. The molecule has 0 saturated heterocycles. The van der Waals surface area contributed by atoms with Gasteiger partial charge in [0.1, 0.15) is 0 Å². The van der Waals surface area contributed by atoms with Gasteiger partial charge in [-0.1, -0.05) is 19.3 Å². The standard InChI is InChI=1S/C15H27N3O2/c1-16-15(20)17-14(19)9-10-18(13-7-8-13)11-12-5-3-2-4-6-12/h12-13H,2-11H2,1H3,(H2,16,17,19,20). The van der Waals surface area contributed by atoms with Crippen LogP contribution < -0.4 is 10.6 Å². The van der Waals surface area contributed by atoms with Crippen molar-refractivity contribution in [2.75, 3.05) is 20.1 Å². The number of nitrogens with zero attached hydrogens (tertiary/aromatic N) is 1. The van der Waals surface area contributed by atoms with E-state index in [0.29, 0.717) is 12.5 Å². The molecule has 0 aromatic carbocycles. The van der Waals surface area contributed by atoms with Gasteiger partial charge in [-0.05, 0) is 31.6 Å². The van der Waals surface area contributed by atoms with Crippen LogP contribution in [-0.2, 0) is 4.79 Å². The summed E-state index contributed by atoms with van der Waals surface area (Å²) in [4.78, 5) is 25.2. The summed E-state index contributed by atoms with van der Waals surface area (Å²) in [6.07, 6.45) is 9.74. The molecule has 0 bridgehead atoms. The van der Waals surface area contributed by atoms with Crippen molar-refractivity contribution in [2.45, 2.75) is 57.4 Å². The van der Waals surface area contributed by atoms with E-state index in [0.717, 1.165) is 19.0 Å². The Morgan fingerprint density at radius 2 is 1.80 bits per heavy atom. The molecular formula is C15H27N3O2. The highest BCUT2D eigenvalue weighted by atomic mass is 16.2. The molecule has 114 valence electrons. The molecule has 20 heavy (non-hydrogen) atoms. The molecule has 2 saturated carbocycles. The Morgan fingerprint density at radius 1 is 1.10 bits per heavy atom. The number of hydrogen-bond donors (Lipinski definition) is 2. The summed E-state index contributed by atoms with van der Waals surface area (Å²) in [5.41, 5.74) is 0. The first-order valence-electron chi connectivity index (χ1n) is 7.94. The number of rotatable bonds is 6. The minimum absolute atomic E-state index is 0.182. The SMILES string of the molecule is CNC(=O)NC(=O)CCN(CC1CCCCC1)C1CC1. The van der Waals surface area contributed by atoms with E-state index in [1.165, 1.54) is 52.0 Å². The van der Waals surface area contributed by atoms with Crippen molar-refractivity contribution in [1.82, 2.24) is 15.5 Å². The average molecular weight is 281 g/mol. The summed E-state index contributed by atoms with van der Waals surface area (Å²) >= 11 is 0. The lowest BCUT2D eigenvalue weighted by Crippen LogP contribution is -2.40. The molecule has 0 spiro atoms. The van der Waals surface area contributed by atoms with Crippen molar-refractivity contribution < 1.29 is 9.59 Å². The van der Waals surface area contributed by atoms with Gasteiger partial charge in [-0.3, -0.25) is 15.0 Å². The number of amides is 3. The molecule has 2 aliphatic carbocycles. The van der Waals surface area contributed by atoms with Crippen LogP contribution in [0.25, 0.3) is 0 Å². The average Bonchev–Trinajstić information content (AvgIpc) is 3.29. The zero-order valence-corrected chi connectivity index (χ0v) is 12.5. The second-order valence-corrected chi connectivity index (χ2v) is 6.11. The predicted molar refractivity (Wildman–Crippen MR) is 78.4 cm³/mol. The van der Waals surface area contributed by atoms with Gasteiger partial charge in [-0.2, -0.15) is 0 Å². The molecule has 3 amide bonds. The maximum atomic E-state index is 11.7. The summed E-state index contributed by atoms with van der Waals surface area (Å²) in [5.74, 6) is 0.630. The van der Waals surface area contributed by atoms with E-state index < -0.39 is 6.03 Å². The fraction of sp³-hybridized carbons (Fsp3) is 0.867. The number of nitrogens with one attached hydrogen (secondary N) is 2. The minimum Gasteiger partial charge on any atom is -0.341 e. The van der Waals surface area contributed by atoms with Crippen LogP contribution in [0.5, 0.6) is 0 Å². The fourth-order valence-electron chi connectivity index (χ4n) is 3.06. The quantitative estimate of drug-likeness (QED) is 0.781. The zero-order chi connectivity index (χ0) is 14.4. The largest absolute Gasteiger partial charge is 0.341 e. The molecule has 2 rings (SSSR count). The van der Waals surface area contributed by atoms with Crippen LogP contribution in [0.1, 0.15) is 51.4 Å². The Morgan fingerprint density at radius 3 is 2.40 bits per heavy atom. The Kier molecular flexibility index (Phi) is 5.83. The third-order valence-electron chi connectivity index (χ3n) is 4.39. The predicted octanol–water partition coefficient (Wildman–Crippen LogP) is 1.88.